The molecular weight excluding hydrogens is 286 g/mol. The van der Waals surface area contributed by atoms with Crippen LogP contribution in [0.15, 0.2) is 36.8 Å². The molecule has 5 heteroatoms. The van der Waals surface area contributed by atoms with Crippen molar-refractivity contribution in [2.24, 2.45) is 0 Å². The van der Waals surface area contributed by atoms with Gasteiger partial charge in [0.05, 0.1) is 30.7 Å². The van der Waals surface area contributed by atoms with E-state index in [4.69, 9.17) is 6.57 Å². The van der Waals surface area contributed by atoms with E-state index >= 15 is 0 Å². The molecule has 0 radical (unpaired) electrons. The number of aromatic nitrogens is 3. The average molecular weight is 301 g/mol. The third kappa shape index (κ3) is 2.49. The lowest BCUT2D eigenvalue weighted by Gasteiger charge is -2.08. The van der Waals surface area contributed by atoms with Crippen LogP contribution in [0.3, 0.4) is 0 Å². The Morgan fingerprint density at radius 2 is 2.00 bits per heavy atom. The summed E-state index contributed by atoms with van der Waals surface area (Å²) in [5.74, 6) is 0. The molecule has 0 aliphatic heterocycles. The van der Waals surface area contributed by atoms with Gasteiger partial charge in [0.15, 0.2) is 5.69 Å². The van der Waals surface area contributed by atoms with Gasteiger partial charge in [-0.3, -0.25) is 0 Å². The van der Waals surface area contributed by atoms with E-state index in [0.717, 1.165) is 28.2 Å². The van der Waals surface area contributed by atoms with Gasteiger partial charge in [-0.25, -0.2) is 9.83 Å². The SMILES string of the molecule is [C-]#[N+]c1ccc(-c2c(C#N)c(C)n(Cc3cnc[nH]3)c2C)cc1. The van der Waals surface area contributed by atoms with Crippen molar-refractivity contribution in [3.63, 3.8) is 0 Å². The van der Waals surface area contributed by atoms with Gasteiger partial charge < -0.3 is 9.55 Å². The van der Waals surface area contributed by atoms with Crippen LogP contribution < -0.4 is 0 Å². The van der Waals surface area contributed by atoms with Crippen LogP contribution in [0.25, 0.3) is 16.0 Å². The van der Waals surface area contributed by atoms with Crippen molar-refractivity contribution in [1.82, 2.24) is 14.5 Å². The van der Waals surface area contributed by atoms with Crippen LogP contribution in [0.2, 0.25) is 0 Å². The Balaban J connectivity index is 2.13. The van der Waals surface area contributed by atoms with Crippen LogP contribution in [0.1, 0.15) is 22.6 Å². The topological polar surface area (TPSA) is 61.8 Å². The Kier molecular flexibility index (Phi) is 3.70. The second-order valence-electron chi connectivity index (χ2n) is 5.35. The highest BCUT2D eigenvalue weighted by Gasteiger charge is 2.19. The van der Waals surface area contributed by atoms with E-state index in [-0.39, 0.29) is 0 Å². The van der Waals surface area contributed by atoms with Gasteiger partial charge in [0.1, 0.15) is 6.07 Å². The fourth-order valence-corrected chi connectivity index (χ4v) is 2.85. The van der Waals surface area contributed by atoms with Crippen molar-refractivity contribution in [1.29, 1.82) is 5.26 Å². The first-order valence-corrected chi connectivity index (χ1v) is 7.20. The Bertz CT molecular complexity index is 916. The smallest absolute Gasteiger partial charge is 0.187 e. The number of nitriles is 1. The second kappa shape index (κ2) is 5.82. The van der Waals surface area contributed by atoms with E-state index < -0.39 is 0 Å². The first kappa shape index (κ1) is 14.6. The number of hydrogen-bond donors (Lipinski definition) is 1. The third-order valence-corrected chi connectivity index (χ3v) is 4.06. The number of rotatable bonds is 3. The third-order valence-electron chi connectivity index (χ3n) is 4.06. The molecule has 0 unspecified atom stereocenters. The standard InChI is InChI=1S/C18H15N5/c1-12-17(8-19)18(14-4-6-15(20-3)7-5-14)13(2)23(12)10-16-9-21-11-22-16/h4-7,9,11H,10H2,1-2H3,(H,21,22). The minimum absolute atomic E-state index is 0.596. The molecule has 0 aliphatic carbocycles. The first-order chi connectivity index (χ1) is 11.2. The summed E-state index contributed by atoms with van der Waals surface area (Å²) in [6.07, 6.45) is 3.44. The summed E-state index contributed by atoms with van der Waals surface area (Å²) in [5, 5.41) is 9.59. The Morgan fingerprint density at radius 3 is 2.57 bits per heavy atom. The van der Waals surface area contributed by atoms with Crippen LogP contribution in [-0.2, 0) is 6.54 Å². The van der Waals surface area contributed by atoms with Crippen LogP contribution >= 0.6 is 0 Å². The number of nitrogens with zero attached hydrogens (tertiary/aromatic N) is 4. The molecule has 0 atom stereocenters. The summed E-state index contributed by atoms with van der Waals surface area (Å²) in [7, 11) is 0. The second-order valence-corrected chi connectivity index (χ2v) is 5.35. The molecule has 1 N–H and O–H groups in total. The maximum atomic E-state index is 9.59. The maximum absolute atomic E-state index is 9.59. The van der Waals surface area contributed by atoms with Crippen LogP contribution in [0.5, 0.6) is 0 Å². The van der Waals surface area contributed by atoms with Gasteiger partial charge in [0.25, 0.3) is 0 Å². The molecule has 3 aromatic rings. The van der Waals surface area contributed by atoms with Gasteiger partial charge in [-0.2, -0.15) is 5.26 Å². The van der Waals surface area contributed by atoms with Crippen molar-refractivity contribution < 1.29 is 0 Å². The number of benzene rings is 1. The van der Waals surface area contributed by atoms with E-state index in [0.29, 0.717) is 17.8 Å². The Hall–Kier alpha value is -3.31. The summed E-state index contributed by atoms with van der Waals surface area (Å²) in [4.78, 5) is 10.5. The summed E-state index contributed by atoms with van der Waals surface area (Å²) in [6, 6.07) is 9.69. The molecule has 112 valence electrons. The molecular formula is C18H15N5. The van der Waals surface area contributed by atoms with Gasteiger partial charge in [0.2, 0.25) is 0 Å². The summed E-state index contributed by atoms with van der Waals surface area (Å²) < 4.78 is 2.12. The monoisotopic (exact) mass is 301 g/mol. The minimum atomic E-state index is 0.596. The molecule has 0 amide bonds. The Morgan fingerprint density at radius 1 is 1.26 bits per heavy atom. The molecule has 3 rings (SSSR count). The zero-order valence-electron chi connectivity index (χ0n) is 13.0. The lowest BCUT2D eigenvalue weighted by molar-refractivity contribution is 0.734. The van der Waals surface area contributed by atoms with Crippen molar-refractivity contribution in [3.05, 3.63) is 70.9 Å². The van der Waals surface area contributed by atoms with Gasteiger partial charge in [-0.1, -0.05) is 24.3 Å². The highest BCUT2D eigenvalue weighted by Crippen LogP contribution is 2.33. The average Bonchev–Trinajstić information content (AvgIpc) is 3.17. The first-order valence-electron chi connectivity index (χ1n) is 7.20. The molecule has 5 nitrogen and oxygen atoms in total. The van der Waals surface area contributed by atoms with Crippen LogP contribution in [-0.4, -0.2) is 14.5 Å². The summed E-state index contributed by atoms with van der Waals surface area (Å²) >= 11 is 0. The van der Waals surface area contributed by atoms with Crippen molar-refractivity contribution in [2.75, 3.05) is 0 Å². The lowest BCUT2D eigenvalue weighted by Crippen LogP contribution is -2.04. The van der Waals surface area contributed by atoms with Gasteiger partial charge in [0, 0.05) is 23.1 Å². The highest BCUT2D eigenvalue weighted by atomic mass is 15.0. The fourth-order valence-electron chi connectivity index (χ4n) is 2.85. The zero-order chi connectivity index (χ0) is 16.4. The molecule has 23 heavy (non-hydrogen) atoms. The summed E-state index contributed by atoms with van der Waals surface area (Å²) in [5.41, 5.74) is 6.12. The molecule has 0 spiro atoms. The van der Waals surface area contributed by atoms with E-state index in [1.807, 2.05) is 26.0 Å². The van der Waals surface area contributed by atoms with E-state index in [9.17, 15) is 5.26 Å². The molecule has 0 bridgehead atoms. The number of nitrogens with one attached hydrogen (secondary N) is 1. The molecule has 2 aromatic heterocycles. The highest BCUT2D eigenvalue weighted by molar-refractivity contribution is 5.76. The number of hydrogen-bond acceptors (Lipinski definition) is 2. The molecule has 2 heterocycles. The van der Waals surface area contributed by atoms with Crippen LogP contribution in [0, 0.1) is 31.8 Å². The van der Waals surface area contributed by atoms with Crippen molar-refractivity contribution >= 4 is 5.69 Å². The normalized spacial score (nSPS) is 10.3. The molecule has 0 saturated heterocycles. The zero-order valence-corrected chi connectivity index (χ0v) is 13.0. The van der Waals surface area contributed by atoms with Gasteiger partial charge >= 0.3 is 0 Å². The predicted molar refractivity (Wildman–Crippen MR) is 88.0 cm³/mol. The van der Waals surface area contributed by atoms with Crippen molar-refractivity contribution in [2.45, 2.75) is 20.4 Å². The largest absolute Gasteiger partial charge is 0.347 e. The van der Waals surface area contributed by atoms with E-state index in [1.165, 1.54) is 0 Å². The maximum Gasteiger partial charge on any atom is 0.187 e. The van der Waals surface area contributed by atoms with Gasteiger partial charge in [-0.15, -0.1) is 0 Å². The van der Waals surface area contributed by atoms with E-state index in [1.54, 1.807) is 24.7 Å². The molecule has 0 saturated carbocycles. The molecule has 0 aliphatic rings. The molecule has 1 aromatic carbocycles. The number of imidazole rings is 1. The number of H-pyrrole nitrogens is 1. The predicted octanol–water partition coefficient (Wildman–Crippen LogP) is 3.97. The van der Waals surface area contributed by atoms with Gasteiger partial charge in [-0.05, 0) is 19.4 Å². The van der Waals surface area contributed by atoms with Crippen molar-refractivity contribution in [3.8, 4) is 17.2 Å². The molecule has 0 fully saturated rings. The van der Waals surface area contributed by atoms with Crippen LogP contribution in [0.4, 0.5) is 5.69 Å². The Labute approximate surface area is 134 Å². The summed E-state index contributed by atoms with van der Waals surface area (Å²) in [6.45, 7) is 11.7. The lowest BCUT2D eigenvalue weighted by atomic mass is 10.0. The quantitative estimate of drug-likeness (QED) is 0.744. The number of aromatic amines is 1. The van der Waals surface area contributed by atoms with E-state index in [2.05, 4.69) is 25.4 Å². The minimum Gasteiger partial charge on any atom is -0.347 e. The fraction of sp³-hybridized carbons (Fsp3) is 0.167.